The second-order valence-electron chi connectivity index (χ2n) is 5.38. The van der Waals surface area contributed by atoms with Gasteiger partial charge in [0.25, 0.3) is 0 Å². The smallest absolute Gasteiger partial charge is 0.186 e. The molecule has 0 unspecified atom stereocenters. The number of rotatable bonds is 2. The summed E-state index contributed by atoms with van der Waals surface area (Å²) in [7, 11) is 0. The lowest BCUT2D eigenvalue weighted by Crippen LogP contribution is -2.21. The molecule has 1 aromatic carbocycles. The lowest BCUT2D eigenvalue weighted by molar-refractivity contribution is 0.0853. The Morgan fingerprint density at radius 3 is 2.11 bits per heavy atom. The van der Waals surface area contributed by atoms with Crippen molar-refractivity contribution in [2.24, 2.45) is 5.41 Å². The number of aromatic nitrogens is 1. The van der Waals surface area contributed by atoms with Crippen molar-refractivity contribution in [2.75, 3.05) is 0 Å². The molecule has 0 saturated heterocycles. The Balaban J connectivity index is 2.29. The topological polar surface area (TPSA) is 30.0 Å². The minimum Gasteiger partial charge on any atom is -0.292 e. The Morgan fingerprint density at radius 1 is 0.944 bits per heavy atom. The summed E-state index contributed by atoms with van der Waals surface area (Å²) in [5.74, 6) is 0.0714. The molecule has 0 atom stereocenters. The summed E-state index contributed by atoms with van der Waals surface area (Å²) in [6.45, 7) is 5.71. The van der Waals surface area contributed by atoms with Crippen molar-refractivity contribution in [3.63, 3.8) is 0 Å². The van der Waals surface area contributed by atoms with E-state index in [1.165, 1.54) is 0 Å². The molecule has 0 amide bonds. The van der Waals surface area contributed by atoms with E-state index < -0.39 is 0 Å². The zero-order valence-corrected chi connectivity index (χ0v) is 11.0. The molecule has 1 heterocycles. The first-order chi connectivity index (χ1) is 8.48. The Bertz CT molecular complexity index is 536. The van der Waals surface area contributed by atoms with Gasteiger partial charge in [-0.25, -0.2) is 0 Å². The SMILES string of the molecule is CC(C)(C)C(=O)c1ccc(-c2ccccc2)cn1. The van der Waals surface area contributed by atoms with Crippen LogP contribution in [0.2, 0.25) is 0 Å². The molecule has 1 aromatic heterocycles. The molecule has 0 spiro atoms. The van der Waals surface area contributed by atoms with Gasteiger partial charge in [-0.05, 0) is 11.6 Å². The monoisotopic (exact) mass is 239 g/mol. The number of Topliss-reactive ketones (excluding diaryl/α,β-unsaturated/α-hetero) is 1. The number of carbonyl (C=O) groups is 1. The van der Waals surface area contributed by atoms with Gasteiger partial charge in [0.05, 0.1) is 0 Å². The molecule has 0 aliphatic carbocycles. The van der Waals surface area contributed by atoms with Crippen molar-refractivity contribution in [1.82, 2.24) is 4.98 Å². The highest BCUT2D eigenvalue weighted by molar-refractivity contribution is 5.98. The minimum atomic E-state index is -0.388. The average Bonchev–Trinajstić information content (AvgIpc) is 2.38. The van der Waals surface area contributed by atoms with Crippen LogP contribution in [0.25, 0.3) is 11.1 Å². The maximum atomic E-state index is 12.1. The molecule has 92 valence electrons. The van der Waals surface area contributed by atoms with Gasteiger partial charge < -0.3 is 0 Å². The zero-order chi connectivity index (χ0) is 13.2. The molecule has 2 nitrogen and oxygen atoms in total. The molecular formula is C16H17NO. The summed E-state index contributed by atoms with van der Waals surface area (Å²) >= 11 is 0. The van der Waals surface area contributed by atoms with Crippen LogP contribution in [0.3, 0.4) is 0 Å². The van der Waals surface area contributed by atoms with Crippen LogP contribution in [0.1, 0.15) is 31.3 Å². The fraction of sp³-hybridized carbons (Fsp3) is 0.250. The van der Waals surface area contributed by atoms with Crippen molar-refractivity contribution >= 4 is 5.78 Å². The molecule has 0 radical (unpaired) electrons. The van der Waals surface area contributed by atoms with Crippen molar-refractivity contribution in [1.29, 1.82) is 0 Å². The van der Waals surface area contributed by atoms with Crippen molar-refractivity contribution in [3.8, 4) is 11.1 Å². The Kier molecular flexibility index (Phi) is 3.28. The summed E-state index contributed by atoms with van der Waals surface area (Å²) in [5.41, 5.74) is 2.28. The Hall–Kier alpha value is -1.96. The molecule has 2 rings (SSSR count). The highest BCUT2D eigenvalue weighted by atomic mass is 16.1. The standard InChI is InChI=1S/C16H17NO/c1-16(2,3)15(18)14-10-9-13(11-17-14)12-7-5-4-6-8-12/h4-11H,1-3H3. The number of ketones is 1. The summed E-state index contributed by atoms with van der Waals surface area (Å²) in [4.78, 5) is 16.3. The summed E-state index contributed by atoms with van der Waals surface area (Å²) in [6, 6.07) is 13.8. The number of hydrogen-bond acceptors (Lipinski definition) is 2. The van der Waals surface area contributed by atoms with Gasteiger partial charge >= 0.3 is 0 Å². The summed E-state index contributed by atoms with van der Waals surface area (Å²) < 4.78 is 0. The highest BCUT2D eigenvalue weighted by Gasteiger charge is 2.23. The van der Waals surface area contributed by atoms with E-state index in [0.29, 0.717) is 5.69 Å². The molecule has 0 aliphatic heterocycles. The van der Waals surface area contributed by atoms with Crippen LogP contribution in [0.15, 0.2) is 48.7 Å². The molecule has 18 heavy (non-hydrogen) atoms. The summed E-state index contributed by atoms with van der Waals surface area (Å²) in [6.07, 6.45) is 1.76. The largest absolute Gasteiger partial charge is 0.292 e. The average molecular weight is 239 g/mol. The van der Waals surface area contributed by atoms with E-state index in [1.54, 1.807) is 12.3 Å². The van der Waals surface area contributed by atoms with E-state index in [1.807, 2.05) is 57.2 Å². The van der Waals surface area contributed by atoms with Crippen molar-refractivity contribution < 1.29 is 4.79 Å². The van der Waals surface area contributed by atoms with Crippen LogP contribution in [0.5, 0.6) is 0 Å². The molecule has 0 bridgehead atoms. The van der Waals surface area contributed by atoms with Gasteiger partial charge in [0, 0.05) is 17.2 Å². The van der Waals surface area contributed by atoms with E-state index >= 15 is 0 Å². The number of nitrogens with zero attached hydrogens (tertiary/aromatic N) is 1. The van der Waals surface area contributed by atoms with Crippen molar-refractivity contribution in [2.45, 2.75) is 20.8 Å². The van der Waals surface area contributed by atoms with Gasteiger partial charge in [0.1, 0.15) is 5.69 Å². The van der Waals surface area contributed by atoms with Gasteiger partial charge in [0.2, 0.25) is 0 Å². The van der Waals surface area contributed by atoms with E-state index in [9.17, 15) is 4.79 Å². The normalized spacial score (nSPS) is 11.3. The lowest BCUT2D eigenvalue weighted by Gasteiger charge is -2.15. The zero-order valence-electron chi connectivity index (χ0n) is 11.0. The second-order valence-corrected chi connectivity index (χ2v) is 5.38. The molecule has 0 saturated carbocycles. The van der Waals surface area contributed by atoms with Crippen LogP contribution in [-0.2, 0) is 0 Å². The number of carbonyl (C=O) groups excluding carboxylic acids is 1. The van der Waals surface area contributed by atoms with Crippen LogP contribution in [0, 0.1) is 5.41 Å². The third-order valence-corrected chi connectivity index (χ3v) is 2.78. The van der Waals surface area contributed by atoms with Gasteiger partial charge in [-0.15, -0.1) is 0 Å². The first kappa shape index (κ1) is 12.5. The summed E-state index contributed by atoms with van der Waals surface area (Å²) in [5, 5.41) is 0. The van der Waals surface area contributed by atoms with Crippen LogP contribution < -0.4 is 0 Å². The van der Waals surface area contributed by atoms with Gasteiger partial charge in [-0.3, -0.25) is 9.78 Å². The highest BCUT2D eigenvalue weighted by Crippen LogP contribution is 2.22. The van der Waals surface area contributed by atoms with Gasteiger partial charge in [0.15, 0.2) is 5.78 Å². The van der Waals surface area contributed by atoms with E-state index in [4.69, 9.17) is 0 Å². The number of benzene rings is 1. The second kappa shape index (κ2) is 4.73. The molecule has 0 N–H and O–H groups in total. The maximum absolute atomic E-state index is 12.1. The molecule has 2 aromatic rings. The Morgan fingerprint density at radius 2 is 1.61 bits per heavy atom. The fourth-order valence-corrected chi connectivity index (χ4v) is 1.71. The predicted octanol–water partition coefficient (Wildman–Crippen LogP) is 3.98. The van der Waals surface area contributed by atoms with Crippen molar-refractivity contribution in [3.05, 3.63) is 54.4 Å². The molecule has 0 fully saturated rings. The predicted molar refractivity (Wildman–Crippen MR) is 73.5 cm³/mol. The molecular weight excluding hydrogens is 222 g/mol. The van der Waals surface area contributed by atoms with Crippen LogP contribution in [0.4, 0.5) is 0 Å². The van der Waals surface area contributed by atoms with E-state index in [0.717, 1.165) is 11.1 Å². The van der Waals surface area contributed by atoms with E-state index in [-0.39, 0.29) is 11.2 Å². The fourth-order valence-electron chi connectivity index (χ4n) is 1.71. The third kappa shape index (κ3) is 2.65. The first-order valence-electron chi connectivity index (χ1n) is 6.05. The van der Waals surface area contributed by atoms with Gasteiger partial charge in [-0.2, -0.15) is 0 Å². The van der Waals surface area contributed by atoms with Crippen LogP contribution in [-0.4, -0.2) is 10.8 Å². The number of pyridine rings is 1. The first-order valence-corrected chi connectivity index (χ1v) is 6.05. The molecule has 2 heteroatoms. The van der Waals surface area contributed by atoms with Gasteiger partial charge in [-0.1, -0.05) is 57.2 Å². The maximum Gasteiger partial charge on any atom is 0.186 e. The quantitative estimate of drug-likeness (QED) is 0.742. The minimum absolute atomic E-state index is 0.0714. The molecule has 0 aliphatic rings. The number of hydrogen-bond donors (Lipinski definition) is 0. The van der Waals surface area contributed by atoms with E-state index in [2.05, 4.69) is 4.98 Å². The Labute approximate surface area is 108 Å². The lowest BCUT2D eigenvalue weighted by atomic mass is 9.88. The van der Waals surface area contributed by atoms with Crippen LogP contribution >= 0.6 is 0 Å². The third-order valence-electron chi connectivity index (χ3n) is 2.78.